The first-order chi connectivity index (χ1) is 13.1. The molecule has 1 unspecified atom stereocenters. The highest BCUT2D eigenvalue weighted by Gasteiger charge is 2.30. The average Bonchev–Trinajstić information content (AvgIpc) is 2.92. The lowest BCUT2D eigenvalue weighted by Gasteiger charge is -2.35. The molecule has 6 heteroatoms. The predicted octanol–water partition coefficient (Wildman–Crippen LogP) is 2.72. The second-order valence-electron chi connectivity index (χ2n) is 7.85. The SMILES string of the molecule is CC(=O)N1CCc2nnc(C3CCCCN3Cc3cccc(C)c3)n2CC1. The van der Waals surface area contributed by atoms with E-state index in [0.29, 0.717) is 6.04 Å². The van der Waals surface area contributed by atoms with Gasteiger partial charge < -0.3 is 9.47 Å². The van der Waals surface area contributed by atoms with Gasteiger partial charge in [0.2, 0.25) is 5.91 Å². The maximum atomic E-state index is 11.8. The molecule has 6 nitrogen and oxygen atoms in total. The van der Waals surface area contributed by atoms with E-state index in [1.807, 2.05) is 4.90 Å². The molecule has 0 bridgehead atoms. The smallest absolute Gasteiger partial charge is 0.219 e. The van der Waals surface area contributed by atoms with E-state index in [0.717, 1.165) is 57.2 Å². The number of fused-ring (bicyclic) bond motifs is 1. The van der Waals surface area contributed by atoms with Crippen LogP contribution in [0.25, 0.3) is 0 Å². The second-order valence-corrected chi connectivity index (χ2v) is 7.85. The lowest BCUT2D eigenvalue weighted by Crippen LogP contribution is -2.35. The zero-order valence-corrected chi connectivity index (χ0v) is 16.4. The summed E-state index contributed by atoms with van der Waals surface area (Å²) in [6, 6.07) is 9.10. The van der Waals surface area contributed by atoms with E-state index >= 15 is 0 Å². The fourth-order valence-electron chi connectivity index (χ4n) is 4.42. The van der Waals surface area contributed by atoms with Gasteiger partial charge in [-0.1, -0.05) is 36.2 Å². The zero-order valence-electron chi connectivity index (χ0n) is 16.4. The fourth-order valence-corrected chi connectivity index (χ4v) is 4.42. The summed E-state index contributed by atoms with van der Waals surface area (Å²) in [5, 5.41) is 9.10. The summed E-state index contributed by atoms with van der Waals surface area (Å²) in [5.74, 6) is 2.26. The third-order valence-corrected chi connectivity index (χ3v) is 5.88. The summed E-state index contributed by atoms with van der Waals surface area (Å²) < 4.78 is 2.28. The van der Waals surface area contributed by atoms with Crippen LogP contribution in [0.1, 0.15) is 55.0 Å². The van der Waals surface area contributed by atoms with Crippen molar-refractivity contribution in [2.24, 2.45) is 0 Å². The van der Waals surface area contributed by atoms with Gasteiger partial charge in [-0.25, -0.2) is 0 Å². The number of amides is 1. The van der Waals surface area contributed by atoms with Crippen molar-refractivity contribution >= 4 is 5.91 Å². The maximum Gasteiger partial charge on any atom is 0.219 e. The molecule has 1 atom stereocenters. The van der Waals surface area contributed by atoms with Crippen LogP contribution >= 0.6 is 0 Å². The van der Waals surface area contributed by atoms with E-state index in [1.54, 1.807) is 6.92 Å². The van der Waals surface area contributed by atoms with Crippen LogP contribution in [0.5, 0.6) is 0 Å². The number of carbonyl (C=O) groups excluding carboxylic acids is 1. The van der Waals surface area contributed by atoms with Crippen LogP contribution in [0.3, 0.4) is 0 Å². The maximum absolute atomic E-state index is 11.8. The normalized spacial score (nSPS) is 21.0. The van der Waals surface area contributed by atoms with Gasteiger partial charge in [0.05, 0.1) is 6.04 Å². The zero-order chi connectivity index (χ0) is 18.8. The largest absolute Gasteiger partial charge is 0.341 e. The van der Waals surface area contributed by atoms with Gasteiger partial charge in [-0.15, -0.1) is 10.2 Å². The van der Waals surface area contributed by atoms with Crippen molar-refractivity contribution in [2.45, 2.75) is 58.7 Å². The molecule has 1 aromatic carbocycles. The number of rotatable bonds is 3. The Morgan fingerprint density at radius 1 is 1.15 bits per heavy atom. The van der Waals surface area contributed by atoms with E-state index in [9.17, 15) is 4.79 Å². The molecule has 2 aromatic rings. The molecular weight excluding hydrogens is 338 g/mol. The number of aryl methyl sites for hydroxylation is 1. The van der Waals surface area contributed by atoms with Gasteiger partial charge in [0, 0.05) is 39.5 Å². The van der Waals surface area contributed by atoms with Gasteiger partial charge in [-0.05, 0) is 31.9 Å². The molecule has 144 valence electrons. The van der Waals surface area contributed by atoms with Crippen LogP contribution < -0.4 is 0 Å². The van der Waals surface area contributed by atoms with Crippen molar-refractivity contribution < 1.29 is 4.79 Å². The molecule has 2 aliphatic rings. The number of likely N-dealkylation sites (tertiary alicyclic amines) is 1. The van der Waals surface area contributed by atoms with Gasteiger partial charge in [0.25, 0.3) is 0 Å². The van der Waals surface area contributed by atoms with Crippen LogP contribution in [0.2, 0.25) is 0 Å². The van der Waals surface area contributed by atoms with Crippen LogP contribution in [0, 0.1) is 6.92 Å². The van der Waals surface area contributed by atoms with Gasteiger partial charge in [0.1, 0.15) is 11.6 Å². The fraction of sp³-hybridized carbons (Fsp3) is 0.571. The number of nitrogens with zero attached hydrogens (tertiary/aromatic N) is 5. The van der Waals surface area contributed by atoms with Crippen molar-refractivity contribution in [1.29, 1.82) is 0 Å². The number of benzene rings is 1. The first kappa shape index (κ1) is 18.2. The summed E-state index contributed by atoms with van der Waals surface area (Å²) in [7, 11) is 0. The van der Waals surface area contributed by atoms with Gasteiger partial charge >= 0.3 is 0 Å². The third kappa shape index (κ3) is 3.90. The lowest BCUT2D eigenvalue weighted by molar-refractivity contribution is -0.128. The minimum Gasteiger partial charge on any atom is -0.341 e. The van der Waals surface area contributed by atoms with Crippen molar-refractivity contribution in [3.05, 3.63) is 47.0 Å². The van der Waals surface area contributed by atoms with E-state index in [1.165, 1.54) is 24.0 Å². The van der Waals surface area contributed by atoms with Crippen LogP contribution in [-0.2, 0) is 24.3 Å². The highest BCUT2D eigenvalue weighted by molar-refractivity contribution is 5.73. The number of carbonyl (C=O) groups is 1. The van der Waals surface area contributed by atoms with E-state index < -0.39 is 0 Å². The van der Waals surface area contributed by atoms with Crippen LogP contribution in [-0.4, -0.2) is 50.1 Å². The van der Waals surface area contributed by atoms with Crippen LogP contribution in [0.4, 0.5) is 0 Å². The molecule has 1 saturated heterocycles. The number of piperidine rings is 1. The Kier molecular flexibility index (Phi) is 5.25. The second kappa shape index (κ2) is 7.80. The summed E-state index contributed by atoms with van der Waals surface area (Å²) in [4.78, 5) is 16.2. The lowest BCUT2D eigenvalue weighted by atomic mass is 10.00. The quantitative estimate of drug-likeness (QED) is 0.837. The van der Waals surface area contributed by atoms with E-state index in [2.05, 4.69) is 50.9 Å². The summed E-state index contributed by atoms with van der Waals surface area (Å²) in [5.41, 5.74) is 2.67. The minimum absolute atomic E-state index is 0.147. The molecular formula is C21H29N5O. The molecule has 0 aliphatic carbocycles. The molecule has 3 heterocycles. The Morgan fingerprint density at radius 3 is 2.85 bits per heavy atom. The Balaban J connectivity index is 1.56. The van der Waals surface area contributed by atoms with Gasteiger partial charge in [-0.3, -0.25) is 9.69 Å². The summed E-state index contributed by atoms with van der Waals surface area (Å²) >= 11 is 0. The standard InChI is InChI=1S/C21H29N5O/c1-16-6-5-7-18(14-16)15-25-10-4-3-8-19(25)21-23-22-20-9-11-24(17(2)27)12-13-26(20)21/h5-7,14,19H,3-4,8-13,15H2,1-2H3. The van der Waals surface area contributed by atoms with Crippen molar-refractivity contribution in [3.8, 4) is 0 Å². The highest BCUT2D eigenvalue weighted by atomic mass is 16.2. The molecule has 27 heavy (non-hydrogen) atoms. The number of hydrogen-bond donors (Lipinski definition) is 0. The Bertz CT molecular complexity index is 815. The number of aromatic nitrogens is 3. The van der Waals surface area contributed by atoms with E-state index in [4.69, 9.17) is 0 Å². The topological polar surface area (TPSA) is 54.3 Å². The van der Waals surface area contributed by atoms with Gasteiger partial charge in [-0.2, -0.15) is 0 Å². The molecule has 0 spiro atoms. The van der Waals surface area contributed by atoms with Crippen molar-refractivity contribution in [1.82, 2.24) is 24.6 Å². The minimum atomic E-state index is 0.147. The predicted molar refractivity (Wildman–Crippen MR) is 104 cm³/mol. The molecule has 0 radical (unpaired) electrons. The molecule has 1 amide bonds. The molecule has 1 fully saturated rings. The third-order valence-electron chi connectivity index (χ3n) is 5.88. The summed E-state index contributed by atoms with van der Waals surface area (Å²) in [6.45, 7) is 8.14. The monoisotopic (exact) mass is 367 g/mol. The van der Waals surface area contributed by atoms with Crippen molar-refractivity contribution in [3.63, 3.8) is 0 Å². The van der Waals surface area contributed by atoms with E-state index in [-0.39, 0.29) is 5.91 Å². The molecule has 4 rings (SSSR count). The molecule has 1 aromatic heterocycles. The Hall–Kier alpha value is -2.21. The Morgan fingerprint density at radius 2 is 2.04 bits per heavy atom. The summed E-state index contributed by atoms with van der Waals surface area (Å²) in [6.07, 6.45) is 4.38. The molecule has 0 saturated carbocycles. The molecule has 0 N–H and O–H groups in total. The molecule has 2 aliphatic heterocycles. The van der Waals surface area contributed by atoms with Crippen molar-refractivity contribution in [2.75, 3.05) is 19.6 Å². The first-order valence-electron chi connectivity index (χ1n) is 10.1. The van der Waals surface area contributed by atoms with Crippen LogP contribution in [0.15, 0.2) is 24.3 Å². The first-order valence-corrected chi connectivity index (χ1v) is 10.1. The average molecular weight is 367 g/mol. The number of hydrogen-bond acceptors (Lipinski definition) is 4. The highest BCUT2D eigenvalue weighted by Crippen LogP contribution is 2.32. The Labute approximate surface area is 161 Å². The van der Waals surface area contributed by atoms with Gasteiger partial charge in [0.15, 0.2) is 0 Å².